The van der Waals surface area contributed by atoms with E-state index in [-0.39, 0.29) is 25.0 Å². The molecule has 0 spiro atoms. The van der Waals surface area contributed by atoms with E-state index in [2.05, 4.69) is 17.4 Å². The van der Waals surface area contributed by atoms with Crippen molar-refractivity contribution in [1.29, 1.82) is 0 Å². The molecular weight excluding hydrogens is 370 g/mol. The van der Waals surface area contributed by atoms with Gasteiger partial charge in [0.25, 0.3) is 5.91 Å². The molecule has 146 valence electrons. The number of rotatable bonds is 10. The van der Waals surface area contributed by atoms with Crippen LogP contribution in [0.25, 0.3) is 0 Å². The van der Waals surface area contributed by atoms with E-state index in [9.17, 15) is 9.59 Å². The van der Waals surface area contributed by atoms with Crippen LogP contribution in [0.4, 0.5) is 5.82 Å². The monoisotopic (exact) mass is 393 g/mol. The van der Waals surface area contributed by atoms with Crippen LogP contribution in [0.1, 0.15) is 31.9 Å². The maximum absolute atomic E-state index is 12.5. The van der Waals surface area contributed by atoms with Gasteiger partial charge in [-0.05, 0) is 37.6 Å². The molecule has 0 radical (unpaired) electrons. The molecule has 0 atom stereocenters. The highest BCUT2D eigenvalue weighted by Crippen LogP contribution is 2.15. The Labute approximate surface area is 163 Å². The Morgan fingerprint density at radius 3 is 2.63 bits per heavy atom. The van der Waals surface area contributed by atoms with E-state index in [4.69, 9.17) is 20.9 Å². The van der Waals surface area contributed by atoms with E-state index in [1.807, 2.05) is 0 Å². The van der Waals surface area contributed by atoms with Gasteiger partial charge in [-0.3, -0.25) is 9.59 Å². The molecule has 0 aliphatic rings. The van der Waals surface area contributed by atoms with Crippen molar-refractivity contribution in [2.24, 2.45) is 0 Å². The fourth-order valence-electron chi connectivity index (χ4n) is 2.39. The lowest BCUT2D eigenvalue weighted by Gasteiger charge is -2.22. The fourth-order valence-corrected chi connectivity index (χ4v) is 2.52. The van der Waals surface area contributed by atoms with Crippen LogP contribution in [0, 0.1) is 6.92 Å². The van der Waals surface area contributed by atoms with E-state index in [1.54, 1.807) is 37.3 Å². The third-order valence-electron chi connectivity index (χ3n) is 3.79. The molecule has 1 aromatic heterocycles. The number of hydrogen-bond donors (Lipinski definition) is 1. The second kappa shape index (κ2) is 10.6. The predicted molar refractivity (Wildman–Crippen MR) is 103 cm³/mol. The Morgan fingerprint density at radius 2 is 2.00 bits per heavy atom. The molecule has 0 bridgehead atoms. The van der Waals surface area contributed by atoms with Crippen LogP contribution in [0.15, 0.2) is 34.9 Å². The van der Waals surface area contributed by atoms with Crippen LogP contribution >= 0.6 is 11.6 Å². The zero-order valence-corrected chi connectivity index (χ0v) is 16.3. The van der Waals surface area contributed by atoms with Gasteiger partial charge in [0.05, 0.1) is 0 Å². The topological polar surface area (TPSA) is 84.7 Å². The summed E-state index contributed by atoms with van der Waals surface area (Å²) in [6, 6.07) is 8.37. The summed E-state index contributed by atoms with van der Waals surface area (Å²) in [5.41, 5.74) is 0. The number of unbranched alkanes of at least 4 members (excludes halogenated alkanes) is 2. The average Bonchev–Trinajstić information content (AvgIpc) is 3.05. The number of carbonyl (C=O) groups excluding carboxylic acids is 2. The van der Waals surface area contributed by atoms with Crippen molar-refractivity contribution in [2.45, 2.75) is 33.1 Å². The minimum atomic E-state index is -0.334. The maximum Gasteiger partial charge on any atom is 0.260 e. The van der Waals surface area contributed by atoms with Gasteiger partial charge in [0, 0.05) is 17.6 Å². The normalized spacial score (nSPS) is 10.5. The first-order valence-corrected chi connectivity index (χ1v) is 9.25. The fraction of sp³-hybridized carbons (Fsp3) is 0.421. The van der Waals surface area contributed by atoms with Crippen molar-refractivity contribution < 1.29 is 18.8 Å². The van der Waals surface area contributed by atoms with Gasteiger partial charge in [-0.15, -0.1) is 0 Å². The summed E-state index contributed by atoms with van der Waals surface area (Å²) in [7, 11) is 0. The van der Waals surface area contributed by atoms with E-state index < -0.39 is 0 Å². The number of amides is 2. The van der Waals surface area contributed by atoms with Gasteiger partial charge in [-0.25, -0.2) is 0 Å². The number of aryl methyl sites for hydroxylation is 1. The number of halogens is 1. The highest BCUT2D eigenvalue weighted by atomic mass is 35.5. The molecule has 0 saturated carbocycles. The molecule has 1 heterocycles. The van der Waals surface area contributed by atoms with Crippen LogP contribution in [-0.4, -0.2) is 41.6 Å². The summed E-state index contributed by atoms with van der Waals surface area (Å²) in [6.07, 6.45) is 2.82. The molecule has 0 aliphatic heterocycles. The van der Waals surface area contributed by atoms with Crippen molar-refractivity contribution >= 4 is 29.2 Å². The first-order valence-electron chi connectivity index (χ1n) is 8.87. The molecule has 2 rings (SSSR count). The standard InChI is InChI=1S/C19H24ClN3O4/c1-3-4-5-10-23(12-18(24)21-17-11-14(2)27-22-17)19(25)13-26-16-8-6-15(20)7-9-16/h6-9,11H,3-5,10,12-13H2,1-2H3,(H,21,22,24). The lowest BCUT2D eigenvalue weighted by molar-refractivity contribution is -0.136. The molecule has 0 saturated heterocycles. The van der Waals surface area contributed by atoms with Crippen molar-refractivity contribution in [3.05, 3.63) is 41.1 Å². The summed E-state index contributed by atoms with van der Waals surface area (Å²) in [5, 5.41) is 6.94. The average molecular weight is 394 g/mol. The smallest absolute Gasteiger partial charge is 0.260 e. The number of benzene rings is 1. The number of aromatic nitrogens is 1. The largest absolute Gasteiger partial charge is 0.484 e. The maximum atomic E-state index is 12.5. The molecule has 0 aliphatic carbocycles. The van der Waals surface area contributed by atoms with Gasteiger partial charge in [0.15, 0.2) is 12.4 Å². The summed E-state index contributed by atoms with van der Waals surface area (Å²) < 4.78 is 10.4. The second-order valence-electron chi connectivity index (χ2n) is 6.14. The van der Waals surface area contributed by atoms with Crippen molar-refractivity contribution in [2.75, 3.05) is 25.0 Å². The quantitative estimate of drug-likeness (QED) is 0.622. The Balaban J connectivity index is 1.91. The molecule has 2 amide bonds. The summed E-state index contributed by atoms with van der Waals surface area (Å²) in [6.45, 7) is 4.08. The zero-order chi connectivity index (χ0) is 19.6. The Bertz CT molecular complexity index is 746. The van der Waals surface area contributed by atoms with Gasteiger partial charge in [0.2, 0.25) is 5.91 Å². The van der Waals surface area contributed by atoms with Gasteiger partial charge in [-0.1, -0.05) is 36.5 Å². The van der Waals surface area contributed by atoms with Crippen LogP contribution in [0.3, 0.4) is 0 Å². The number of nitrogens with zero attached hydrogens (tertiary/aromatic N) is 2. The molecular formula is C19H24ClN3O4. The summed E-state index contributed by atoms with van der Waals surface area (Å²) >= 11 is 5.83. The van der Waals surface area contributed by atoms with Gasteiger partial charge >= 0.3 is 0 Å². The van der Waals surface area contributed by atoms with Crippen LogP contribution in [0.5, 0.6) is 5.75 Å². The minimum absolute atomic E-state index is 0.0710. The van der Waals surface area contributed by atoms with E-state index in [1.165, 1.54) is 4.90 Å². The number of ether oxygens (including phenoxy) is 1. The SMILES string of the molecule is CCCCCN(CC(=O)Nc1cc(C)on1)C(=O)COc1ccc(Cl)cc1. The van der Waals surface area contributed by atoms with Crippen molar-refractivity contribution in [3.63, 3.8) is 0 Å². The lowest BCUT2D eigenvalue weighted by atomic mass is 10.2. The third kappa shape index (κ3) is 7.30. The van der Waals surface area contributed by atoms with Crippen LogP contribution in [0.2, 0.25) is 5.02 Å². The molecule has 2 aromatic rings. The van der Waals surface area contributed by atoms with Gasteiger partial charge in [-0.2, -0.15) is 0 Å². The molecule has 0 fully saturated rings. The third-order valence-corrected chi connectivity index (χ3v) is 4.04. The first kappa shape index (κ1) is 20.8. The predicted octanol–water partition coefficient (Wildman–Crippen LogP) is 3.67. The minimum Gasteiger partial charge on any atom is -0.484 e. The zero-order valence-electron chi connectivity index (χ0n) is 15.5. The molecule has 1 aromatic carbocycles. The van der Waals surface area contributed by atoms with Crippen LogP contribution in [-0.2, 0) is 9.59 Å². The van der Waals surface area contributed by atoms with E-state index >= 15 is 0 Å². The molecule has 7 nitrogen and oxygen atoms in total. The van der Waals surface area contributed by atoms with Crippen molar-refractivity contribution in [3.8, 4) is 5.75 Å². The Hall–Kier alpha value is -2.54. The van der Waals surface area contributed by atoms with Crippen molar-refractivity contribution in [1.82, 2.24) is 10.1 Å². The van der Waals surface area contributed by atoms with Gasteiger partial charge < -0.3 is 19.5 Å². The number of anilines is 1. The van der Waals surface area contributed by atoms with E-state index in [0.717, 1.165) is 19.3 Å². The summed E-state index contributed by atoms with van der Waals surface area (Å²) in [4.78, 5) is 26.3. The number of nitrogens with one attached hydrogen (secondary N) is 1. The lowest BCUT2D eigenvalue weighted by Crippen LogP contribution is -2.41. The molecule has 8 heteroatoms. The number of carbonyl (C=O) groups is 2. The Kier molecular flexibility index (Phi) is 8.13. The second-order valence-corrected chi connectivity index (χ2v) is 6.57. The molecule has 27 heavy (non-hydrogen) atoms. The highest BCUT2D eigenvalue weighted by molar-refractivity contribution is 6.30. The van der Waals surface area contributed by atoms with Crippen LogP contribution < -0.4 is 10.1 Å². The van der Waals surface area contributed by atoms with Gasteiger partial charge in [0.1, 0.15) is 18.1 Å². The number of hydrogen-bond acceptors (Lipinski definition) is 5. The first-order chi connectivity index (χ1) is 13.0. The molecule has 0 unspecified atom stereocenters. The van der Waals surface area contributed by atoms with E-state index in [0.29, 0.717) is 28.9 Å². The molecule has 1 N–H and O–H groups in total. The Morgan fingerprint density at radius 1 is 1.26 bits per heavy atom. The highest BCUT2D eigenvalue weighted by Gasteiger charge is 2.18. The summed E-state index contributed by atoms with van der Waals surface area (Å²) in [5.74, 6) is 0.879.